The van der Waals surface area contributed by atoms with Gasteiger partial charge < -0.3 is 37.3 Å². The first kappa shape index (κ1) is 81.5. The summed E-state index contributed by atoms with van der Waals surface area (Å²) >= 11 is 0. The van der Waals surface area contributed by atoms with Crippen LogP contribution >= 0.6 is 0 Å². The van der Waals surface area contributed by atoms with Crippen LogP contribution < -0.4 is 19.6 Å². The lowest BCUT2D eigenvalue weighted by Gasteiger charge is -2.33. The van der Waals surface area contributed by atoms with Crippen molar-refractivity contribution in [1.82, 2.24) is 0 Å². The number of anilines is 12. The average molecular weight is 1860 g/mol. The van der Waals surface area contributed by atoms with Gasteiger partial charge in [-0.1, -0.05) is 340 Å². The van der Waals surface area contributed by atoms with Crippen molar-refractivity contribution in [1.29, 1.82) is 0 Å². The van der Waals surface area contributed by atoms with E-state index in [0.29, 0.717) is 0 Å². The van der Waals surface area contributed by atoms with Gasteiger partial charge >= 0.3 is 0 Å². The third-order valence-electron chi connectivity index (χ3n) is 31.5. The van der Waals surface area contributed by atoms with Crippen LogP contribution in [0.4, 0.5) is 68.2 Å². The van der Waals surface area contributed by atoms with Crippen molar-refractivity contribution in [2.45, 2.75) is 10.8 Å². The normalized spacial score (nSPS) is 13.0. The van der Waals surface area contributed by atoms with E-state index in [1.807, 2.05) is 0 Å². The molecule has 0 amide bonds. The smallest absolute Gasteiger partial charge is 0.144 e. The molecule has 0 aliphatic heterocycles. The lowest BCUT2D eigenvalue weighted by Crippen LogP contribution is -2.26. The van der Waals surface area contributed by atoms with Crippen LogP contribution in [0.2, 0.25) is 0 Å². The Bertz CT molecular complexity index is 9780. The molecule has 0 atom stereocenters. The van der Waals surface area contributed by atoms with Crippen LogP contribution in [0.15, 0.2) is 527 Å². The number of nitrogens with zero attached hydrogens (tertiary/aromatic N) is 4. The second-order valence-electron chi connectivity index (χ2n) is 38.8. The van der Waals surface area contributed by atoms with E-state index in [-0.39, 0.29) is 0 Å². The zero-order valence-electron chi connectivity index (χ0n) is 78.9. The Labute approximate surface area is 839 Å². The van der Waals surface area contributed by atoms with Gasteiger partial charge in [-0.3, -0.25) is 0 Å². The molecule has 4 aromatic heterocycles. The highest BCUT2D eigenvalue weighted by Gasteiger charge is 2.58. The molecular weight excluding hydrogens is 1780 g/mol. The van der Waals surface area contributed by atoms with Crippen LogP contribution in [0, 0.1) is 0 Å². The van der Waals surface area contributed by atoms with Crippen molar-refractivity contribution in [2.75, 3.05) is 19.6 Å². The van der Waals surface area contributed by atoms with Gasteiger partial charge in [0.15, 0.2) is 0 Å². The molecule has 146 heavy (non-hydrogen) atoms. The fourth-order valence-corrected chi connectivity index (χ4v) is 26.0. The quantitative estimate of drug-likeness (QED) is 0.120. The first-order valence-electron chi connectivity index (χ1n) is 50.2. The molecule has 0 unspecified atom stereocenters. The molecule has 24 aromatic carbocycles. The van der Waals surface area contributed by atoms with Gasteiger partial charge in [0.25, 0.3) is 0 Å². The first-order valence-corrected chi connectivity index (χ1v) is 50.2. The zero-order chi connectivity index (χ0) is 95.6. The van der Waals surface area contributed by atoms with Gasteiger partial charge in [-0.2, -0.15) is 0 Å². The van der Waals surface area contributed by atoms with E-state index in [1.165, 1.54) is 83.3 Å². The van der Waals surface area contributed by atoms with Gasteiger partial charge in [0.2, 0.25) is 0 Å². The van der Waals surface area contributed by atoms with E-state index in [2.05, 4.69) is 529 Å². The Hall–Kier alpha value is -19.3. The van der Waals surface area contributed by atoms with Crippen LogP contribution in [0.1, 0.15) is 44.5 Å². The molecule has 8 nitrogen and oxygen atoms in total. The maximum absolute atomic E-state index is 7.46. The van der Waals surface area contributed by atoms with E-state index in [4.69, 9.17) is 17.7 Å². The fraction of sp³-hybridized carbons (Fsp3) is 0.0145. The zero-order valence-corrected chi connectivity index (χ0v) is 78.9. The predicted octanol–water partition coefficient (Wildman–Crippen LogP) is 38.1. The largest absolute Gasteiger partial charge is 0.455 e. The summed E-state index contributed by atoms with van der Waals surface area (Å²) in [7, 11) is 0. The van der Waals surface area contributed by atoms with E-state index >= 15 is 0 Å². The minimum atomic E-state index is -0.770. The van der Waals surface area contributed by atoms with Gasteiger partial charge in [-0.15, -0.1) is 0 Å². The number of rotatable bonds is 12. The molecule has 0 bridgehead atoms. The highest BCUT2D eigenvalue weighted by molar-refractivity contribution is 6.36. The Morgan fingerprint density at radius 1 is 0.137 bits per heavy atom. The molecule has 8 heteroatoms. The minimum Gasteiger partial charge on any atom is -0.455 e. The lowest BCUT2D eigenvalue weighted by molar-refractivity contribution is 0.669. The Morgan fingerprint density at radius 3 is 0.603 bits per heavy atom. The second kappa shape index (κ2) is 31.6. The van der Waals surface area contributed by atoms with E-state index in [0.717, 1.165) is 205 Å². The van der Waals surface area contributed by atoms with E-state index in [1.54, 1.807) is 0 Å². The monoisotopic (exact) mass is 1860 g/mol. The SMILES string of the molecule is c1ccc(N(c2ccccc2)c2ccc3c4c(c5c6ccccc6oc5c3c2)-c2c(c3ccc(N(c5ccccc5)c5ccccc5)cc3c3c2oc2ccccc23)C42c3ccccc3-c3ccccc32)cc1.c1ccc(N(c2ccccc2)c2ccc3c4c(c5c6ccccc6oc5c3c2)-c2c(c3ccc(N(c5ccccc5)c5ccccc5)cc3c3oc5ccccc5c23)C42c3ccccc3-c3ccccc32)cc1. The molecule has 2 spiro atoms. The topological polar surface area (TPSA) is 65.5 Å². The summed E-state index contributed by atoms with van der Waals surface area (Å²) in [6.07, 6.45) is 0. The van der Waals surface area contributed by atoms with Crippen LogP contribution in [0.3, 0.4) is 0 Å². The lowest BCUT2D eigenvalue weighted by atomic mass is 9.68. The molecule has 4 heterocycles. The summed E-state index contributed by atoms with van der Waals surface area (Å²) in [5, 5.41) is 17.7. The van der Waals surface area contributed by atoms with Crippen LogP contribution in [-0.2, 0) is 10.8 Å². The van der Waals surface area contributed by atoms with E-state index < -0.39 is 10.8 Å². The Kier molecular flexibility index (Phi) is 17.7. The van der Waals surface area contributed by atoms with Gasteiger partial charge in [-0.25, -0.2) is 0 Å². The third-order valence-corrected chi connectivity index (χ3v) is 31.5. The molecule has 0 saturated heterocycles. The van der Waals surface area contributed by atoms with Gasteiger partial charge in [0.1, 0.15) is 44.7 Å². The molecule has 28 aromatic rings. The van der Waals surface area contributed by atoms with Gasteiger partial charge in [-0.05, 0) is 275 Å². The summed E-state index contributed by atoms with van der Waals surface area (Å²) < 4.78 is 29.3. The molecular formula is C138H84N4O4. The molecule has 0 N–H and O–H groups in total. The molecule has 32 rings (SSSR count). The number of furan rings is 4. The molecule has 680 valence electrons. The van der Waals surface area contributed by atoms with E-state index in [9.17, 15) is 0 Å². The molecule has 4 aliphatic carbocycles. The molecule has 0 radical (unpaired) electrons. The summed E-state index contributed by atoms with van der Waals surface area (Å²) in [5.74, 6) is 0. The van der Waals surface area contributed by atoms with Crippen molar-refractivity contribution < 1.29 is 17.7 Å². The Balaban J connectivity index is 0.000000133. The van der Waals surface area contributed by atoms with Crippen molar-refractivity contribution in [3.8, 4) is 44.5 Å². The summed E-state index contributed by atoms with van der Waals surface area (Å²) in [6.45, 7) is 0. The number of hydrogen-bond acceptors (Lipinski definition) is 8. The fourth-order valence-electron chi connectivity index (χ4n) is 26.0. The molecule has 0 fully saturated rings. The molecule has 0 saturated carbocycles. The van der Waals surface area contributed by atoms with Crippen molar-refractivity contribution in [3.05, 3.63) is 554 Å². The second-order valence-corrected chi connectivity index (χ2v) is 38.8. The highest BCUT2D eigenvalue weighted by atomic mass is 16.3. The van der Waals surface area contributed by atoms with Crippen molar-refractivity contribution in [2.24, 2.45) is 0 Å². The summed E-state index contributed by atoms with van der Waals surface area (Å²) in [5.41, 5.74) is 38.0. The number of hydrogen-bond donors (Lipinski definition) is 0. The highest BCUT2D eigenvalue weighted by Crippen LogP contribution is 2.73. The average Bonchev–Trinajstić information content (AvgIpc) is 1.47. The standard InChI is InChI=1S/2C69H42N2O2/c1-5-21-43(22-6-1)70(44-23-7-2-8-24-44)47-37-39-51-55(41-47)67-61(53-31-15-19-35-59(53)72-67)63-64-62-54-32-16-20-36-60(54)73-68(62)56-42-48(71(45-25-9-3-10-26-45)46-27-11-4-12-28-46)38-40-52(56)66(64)69(65(51)63)57-33-17-13-29-49(57)50-30-14-18-34-58(50)69;1-5-21-43(22-6-1)70(44-23-7-2-8-24-44)47-37-39-51-55(41-47)61-53-31-15-19-35-59(53)73-68(61)64-63-62-54-32-16-20-36-60(54)72-67(62)56-42-48(71(45-25-9-3-10-26-45)46-27-11-4-12-28-46)38-40-52(56)65(63)69(66(51)64)57-33-17-13-29-49(57)50-30-14-18-34-58(50)69/h2*1-42H. The van der Waals surface area contributed by atoms with Gasteiger partial charge in [0.05, 0.1) is 10.8 Å². The maximum Gasteiger partial charge on any atom is 0.144 e. The Morgan fingerprint density at radius 2 is 0.336 bits per heavy atom. The van der Waals surface area contributed by atoms with Crippen LogP contribution in [-0.4, -0.2) is 0 Å². The minimum absolute atomic E-state index is 0.756. The number of para-hydroxylation sites is 12. The van der Waals surface area contributed by atoms with Crippen LogP contribution in [0.5, 0.6) is 0 Å². The summed E-state index contributed by atoms with van der Waals surface area (Å²) in [6, 6.07) is 185. The molecule has 4 aliphatic rings. The number of benzene rings is 24. The third kappa shape index (κ3) is 11.4. The maximum atomic E-state index is 7.46. The van der Waals surface area contributed by atoms with Crippen molar-refractivity contribution >= 4 is 199 Å². The predicted molar refractivity (Wildman–Crippen MR) is 603 cm³/mol. The number of fused-ring (bicyclic) bond motifs is 48. The van der Waals surface area contributed by atoms with Gasteiger partial charge in [0, 0.05) is 139 Å². The van der Waals surface area contributed by atoms with Crippen molar-refractivity contribution in [3.63, 3.8) is 0 Å². The van der Waals surface area contributed by atoms with Crippen LogP contribution in [0.25, 0.3) is 175 Å². The summed E-state index contributed by atoms with van der Waals surface area (Å²) in [4.78, 5) is 9.42. The first-order chi connectivity index (χ1) is 72.5.